The fraction of sp³-hybridized carbons (Fsp3) is 0.375. The van der Waals surface area contributed by atoms with E-state index in [4.69, 9.17) is 23.2 Å². The molecule has 2 aliphatic heterocycles. The predicted octanol–water partition coefficient (Wildman–Crippen LogP) is 12.9. The highest BCUT2D eigenvalue weighted by Crippen LogP contribution is 2.46. The summed E-state index contributed by atoms with van der Waals surface area (Å²) in [6.45, 7) is 27.1. The third kappa shape index (κ3) is 6.77. The molecule has 0 spiro atoms. The Bertz CT molecular complexity index is 2280. The molecule has 2 aliphatic rings. The van der Waals surface area contributed by atoms with Gasteiger partial charge in [-0.3, -0.25) is 19.2 Å². The number of hydrogen-bond donors (Lipinski definition) is 0. The van der Waals surface area contributed by atoms with Gasteiger partial charge in [-0.25, -0.2) is 9.80 Å². The summed E-state index contributed by atoms with van der Waals surface area (Å²) < 4.78 is 0. The zero-order valence-electron chi connectivity index (χ0n) is 35.5. The van der Waals surface area contributed by atoms with Gasteiger partial charge in [0, 0.05) is 21.9 Å². The SMILES string of the molecule is CC(C)[Si](C#Cc1ccc(N2C(=O)c3cc(Cl)c4c5c(cc(Cl)c(c35)C2=O)C(=O)N(c2ccc(C#C[Si](C(C)C)(C(C)C)C(C)C)cc2)C4=O)cc1)(C(C)C)C(C)C. The molecular weight excluding hydrogens is 796 g/mol. The number of benzene rings is 4. The van der Waals surface area contributed by atoms with Crippen molar-refractivity contribution in [2.24, 2.45) is 0 Å². The minimum Gasteiger partial charge on any atom is -0.268 e. The van der Waals surface area contributed by atoms with E-state index in [1.54, 1.807) is 24.3 Å². The quantitative estimate of drug-likeness (QED) is 0.101. The van der Waals surface area contributed by atoms with E-state index in [9.17, 15) is 19.2 Å². The number of carbonyl (C=O) groups is 4. The molecule has 0 bridgehead atoms. The monoisotopic (exact) mass is 846 g/mol. The summed E-state index contributed by atoms with van der Waals surface area (Å²) >= 11 is 13.7. The molecule has 6 rings (SSSR count). The largest absolute Gasteiger partial charge is 0.268 e. The molecule has 0 aliphatic carbocycles. The minimum absolute atomic E-state index is 0.0132. The van der Waals surface area contributed by atoms with Gasteiger partial charge >= 0.3 is 0 Å². The Morgan fingerprint density at radius 3 is 0.983 bits per heavy atom. The van der Waals surface area contributed by atoms with Crippen molar-refractivity contribution in [3.8, 4) is 22.9 Å². The first kappa shape index (κ1) is 43.1. The standard InChI is InChI=1S/C48H52Cl2N2O4Si2/c1-27(2)57(28(3)4,29(5)6)23-21-33-13-17-35(18-14-33)51-45(53)37-25-40(50)44-42-38(26-39(49)43(41(37)42)47(51)55)46(54)52(48(44)56)36-19-15-34(16-20-36)22-24-58(30(7)8,31(9)10)32(11)12/h13-20,25-32H,1-12H3. The summed E-state index contributed by atoms with van der Waals surface area (Å²) in [4.78, 5) is 59.3. The lowest BCUT2D eigenvalue weighted by atomic mass is 9.85. The van der Waals surface area contributed by atoms with Gasteiger partial charge in [0.15, 0.2) is 0 Å². The van der Waals surface area contributed by atoms with Gasteiger partial charge in [0.2, 0.25) is 0 Å². The van der Waals surface area contributed by atoms with Gasteiger partial charge in [-0.15, -0.1) is 11.1 Å². The zero-order valence-corrected chi connectivity index (χ0v) is 39.0. The Morgan fingerprint density at radius 1 is 0.448 bits per heavy atom. The van der Waals surface area contributed by atoms with Crippen molar-refractivity contribution in [3.05, 3.63) is 104 Å². The van der Waals surface area contributed by atoms with Crippen LogP contribution in [0.15, 0.2) is 60.7 Å². The Kier molecular flexibility index (Phi) is 11.9. The maximum atomic E-state index is 14.3. The van der Waals surface area contributed by atoms with Crippen molar-refractivity contribution in [2.75, 3.05) is 9.80 Å². The fourth-order valence-corrected chi connectivity index (χ4v) is 21.1. The number of amides is 4. The third-order valence-corrected chi connectivity index (χ3v) is 26.0. The van der Waals surface area contributed by atoms with E-state index in [1.807, 2.05) is 24.3 Å². The summed E-state index contributed by atoms with van der Waals surface area (Å²) in [5.74, 6) is 4.24. The number of nitrogens with zero attached hydrogens (tertiary/aromatic N) is 2. The van der Waals surface area contributed by atoms with E-state index in [-0.39, 0.29) is 43.1 Å². The number of imide groups is 2. The molecule has 0 atom stereocenters. The Balaban J connectivity index is 1.37. The minimum atomic E-state index is -1.98. The molecule has 0 unspecified atom stereocenters. The lowest BCUT2D eigenvalue weighted by Gasteiger charge is -2.38. The number of anilines is 2. The average Bonchev–Trinajstić information content (AvgIpc) is 3.14. The zero-order chi connectivity index (χ0) is 42.8. The van der Waals surface area contributed by atoms with Crippen molar-refractivity contribution >= 4 is 85.1 Å². The third-order valence-electron chi connectivity index (χ3n) is 12.8. The first-order valence-corrected chi connectivity index (χ1v) is 25.5. The van der Waals surface area contributed by atoms with Crippen molar-refractivity contribution in [3.63, 3.8) is 0 Å². The van der Waals surface area contributed by atoms with Crippen molar-refractivity contribution in [1.29, 1.82) is 0 Å². The highest BCUT2D eigenvalue weighted by molar-refractivity contribution is 6.91. The summed E-state index contributed by atoms with van der Waals surface area (Å²) in [7, 11) is -3.96. The van der Waals surface area contributed by atoms with Gasteiger partial charge in [0.25, 0.3) is 23.6 Å². The lowest BCUT2D eigenvalue weighted by Crippen LogP contribution is -2.44. The Labute approximate surface area is 355 Å². The van der Waals surface area contributed by atoms with E-state index >= 15 is 0 Å². The molecule has 0 fully saturated rings. The Hall–Kier alpha value is -4.45. The molecule has 300 valence electrons. The number of carbonyl (C=O) groups excluding carboxylic acids is 4. The van der Waals surface area contributed by atoms with E-state index in [1.165, 1.54) is 12.1 Å². The number of hydrogen-bond acceptors (Lipinski definition) is 4. The van der Waals surface area contributed by atoms with Crippen LogP contribution in [0.4, 0.5) is 11.4 Å². The molecule has 0 saturated heterocycles. The summed E-state index contributed by atoms with van der Waals surface area (Å²) in [6.07, 6.45) is 0. The molecule has 2 heterocycles. The van der Waals surface area contributed by atoms with Gasteiger partial charge < -0.3 is 0 Å². The van der Waals surface area contributed by atoms with E-state index in [0.717, 1.165) is 20.9 Å². The van der Waals surface area contributed by atoms with Crippen LogP contribution in [0.1, 0.15) is 136 Å². The first-order valence-electron chi connectivity index (χ1n) is 20.2. The second-order valence-electron chi connectivity index (χ2n) is 17.6. The highest BCUT2D eigenvalue weighted by Gasteiger charge is 2.45. The second-order valence-corrected chi connectivity index (χ2v) is 29.6. The molecule has 0 radical (unpaired) electrons. The van der Waals surface area contributed by atoms with Gasteiger partial charge in [-0.2, -0.15) is 0 Å². The summed E-state index contributed by atoms with van der Waals surface area (Å²) in [6, 6.07) is 16.9. The van der Waals surface area contributed by atoms with Crippen molar-refractivity contribution in [1.82, 2.24) is 0 Å². The number of rotatable bonds is 8. The smallest absolute Gasteiger partial charge is 0.267 e. The molecule has 10 heteroatoms. The van der Waals surface area contributed by atoms with E-state index < -0.39 is 39.8 Å². The van der Waals surface area contributed by atoms with Crippen LogP contribution in [-0.2, 0) is 0 Å². The van der Waals surface area contributed by atoms with Crippen LogP contribution >= 0.6 is 23.2 Å². The first-order chi connectivity index (χ1) is 27.2. The predicted molar refractivity (Wildman–Crippen MR) is 245 cm³/mol. The molecule has 4 amide bonds. The lowest BCUT2D eigenvalue weighted by molar-refractivity contribution is 0.0873. The molecule has 4 aromatic rings. The molecule has 0 N–H and O–H groups in total. The van der Waals surface area contributed by atoms with Gasteiger partial charge in [-0.1, -0.05) is 118 Å². The van der Waals surface area contributed by atoms with Gasteiger partial charge in [0.05, 0.1) is 43.7 Å². The van der Waals surface area contributed by atoms with Crippen molar-refractivity contribution in [2.45, 2.75) is 116 Å². The van der Waals surface area contributed by atoms with Gasteiger partial charge in [-0.05, 0) is 93.9 Å². The molecular formula is C48H52Cl2N2O4Si2. The van der Waals surface area contributed by atoms with Crippen LogP contribution in [0.3, 0.4) is 0 Å². The molecule has 6 nitrogen and oxygen atoms in total. The summed E-state index contributed by atoms with van der Waals surface area (Å²) in [5.41, 5.74) is 12.7. The Morgan fingerprint density at radius 2 is 0.724 bits per heavy atom. The maximum absolute atomic E-state index is 14.3. The van der Waals surface area contributed by atoms with Crippen molar-refractivity contribution < 1.29 is 19.2 Å². The van der Waals surface area contributed by atoms with Crippen LogP contribution in [0, 0.1) is 22.9 Å². The van der Waals surface area contributed by atoms with Crippen LogP contribution in [-0.4, -0.2) is 39.8 Å². The van der Waals surface area contributed by atoms with Crippen LogP contribution in [0.25, 0.3) is 10.8 Å². The molecule has 58 heavy (non-hydrogen) atoms. The van der Waals surface area contributed by atoms with Crippen LogP contribution in [0.5, 0.6) is 0 Å². The number of halogens is 2. The molecule has 0 aromatic heterocycles. The maximum Gasteiger partial charge on any atom is 0.267 e. The topological polar surface area (TPSA) is 74.8 Å². The molecule has 0 saturated carbocycles. The van der Waals surface area contributed by atoms with Crippen LogP contribution in [0.2, 0.25) is 43.3 Å². The normalized spacial score (nSPS) is 14.4. The van der Waals surface area contributed by atoms with E-state index in [0.29, 0.717) is 44.6 Å². The highest BCUT2D eigenvalue weighted by atomic mass is 35.5. The molecule has 4 aromatic carbocycles. The fourth-order valence-electron chi connectivity index (χ4n) is 10.1. The van der Waals surface area contributed by atoms with Crippen LogP contribution < -0.4 is 9.80 Å². The average molecular weight is 848 g/mol. The van der Waals surface area contributed by atoms with Gasteiger partial charge in [0.1, 0.15) is 16.1 Å². The van der Waals surface area contributed by atoms with E-state index in [2.05, 4.69) is 106 Å². The summed E-state index contributed by atoms with van der Waals surface area (Å²) in [5, 5.41) is 0.266. The second kappa shape index (κ2) is 16.0.